The Balaban J connectivity index is 1.73. The molecule has 23 heavy (non-hydrogen) atoms. The summed E-state index contributed by atoms with van der Waals surface area (Å²) in [6.07, 6.45) is -0.966. The topological polar surface area (TPSA) is 55.1 Å². The maximum absolute atomic E-state index is 12.6. The average molecular weight is 326 g/mol. The van der Waals surface area contributed by atoms with Crippen molar-refractivity contribution in [2.45, 2.75) is 38.3 Å². The molecule has 2 aromatic heterocycles. The van der Waals surface area contributed by atoms with Crippen molar-refractivity contribution < 1.29 is 17.7 Å². The minimum Gasteiger partial charge on any atom is -0.356 e. The molecule has 0 unspecified atom stereocenters. The van der Waals surface area contributed by atoms with E-state index in [1.165, 1.54) is 6.07 Å². The molecule has 5 nitrogen and oxygen atoms in total. The van der Waals surface area contributed by atoms with Crippen molar-refractivity contribution in [3.8, 4) is 0 Å². The number of piperidine rings is 1. The molecule has 2 aromatic rings. The van der Waals surface area contributed by atoms with E-state index in [-0.39, 0.29) is 5.92 Å². The number of anilines is 1. The van der Waals surface area contributed by atoms with Crippen molar-refractivity contribution in [2.24, 2.45) is 0 Å². The van der Waals surface area contributed by atoms with Crippen molar-refractivity contribution in [2.75, 3.05) is 18.0 Å². The predicted molar refractivity (Wildman–Crippen MR) is 77.1 cm³/mol. The summed E-state index contributed by atoms with van der Waals surface area (Å²) in [7, 11) is 0. The molecule has 3 heterocycles. The van der Waals surface area contributed by atoms with Crippen LogP contribution in [0, 0.1) is 0 Å². The lowest BCUT2D eigenvalue weighted by molar-refractivity contribution is -0.137. The van der Waals surface area contributed by atoms with Gasteiger partial charge in [0.25, 0.3) is 0 Å². The Labute approximate surface area is 131 Å². The van der Waals surface area contributed by atoms with E-state index in [4.69, 9.17) is 4.52 Å². The second-order valence-electron chi connectivity index (χ2n) is 5.59. The minimum absolute atomic E-state index is 0.108. The van der Waals surface area contributed by atoms with E-state index in [0.29, 0.717) is 30.5 Å². The molecule has 3 rings (SSSR count). The molecule has 1 aliphatic rings. The van der Waals surface area contributed by atoms with Gasteiger partial charge in [-0.15, -0.1) is 0 Å². The summed E-state index contributed by atoms with van der Waals surface area (Å²) in [5, 5.41) is 4.00. The van der Waals surface area contributed by atoms with Crippen molar-refractivity contribution in [3.63, 3.8) is 0 Å². The van der Waals surface area contributed by atoms with E-state index >= 15 is 0 Å². The molecule has 0 bridgehead atoms. The molecular formula is C15H17F3N4O. The first-order chi connectivity index (χ1) is 11.0. The van der Waals surface area contributed by atoms with Gasteiger partial charge in [0.2, 0.25) is 5.89 Å². The van der Waals surface area contributed by atoms with Gasteiger partial charge in [0.1, 0.15) is 5.82 Å². The number of pyridine rings is 1. The van der Waals surface area contributed by atoms with Crippen LogP contribution < -0.4 is 4.90 Å². The molecule has 1 saturated heterocycles. The molecular weight excluding hydrogens is 309 g/mol. The highest BCUT2D eigenvalue weighted by Gasteiger charge is 2.31. The first kappa shape index (κ1) is 15.8. The van der Waals surface area contributed by atoms with Gasteiger partial charge in [-0.2, -0.15) is 18.2 Å². The number of aryl methyl sites for hydroxylation is 1. The van der Waals surface area contributed by atoms with Gasteiger partial charge < -0.3 is 9.42 Å². The highest BCUT2D eigenvalue weighted by Crippen LogP contribution is 2.31. The number of hydrogen-bond donors (Lipinski definition) is 0. The molecule has 124 valence electrons. The van der Waals surface area contributed by atoms with Gasteiger partial charge in [-0.05, 0) is 25.0 Å². The van der Waals surface area contributed by atoms with Crippen LogP contribution >= 0.6 is 0 Å². The van der Waals surface area contributed by atoms with Gasteiger partial charge >= 0.3 is 6.18 Å². The molecule has 0 saturated carbocycles. The molecule has 1 aliphatic heterocycles. The van der Waals surface area contributed by atoms with E-state index < -0.39 is 11.7 Å². The highest BCUT2D eigenvalue weighted by atomic mass is 19.4. The van der Waals surface area contributed by atoms with Crippen LogP contribution in [0.2, 0.25) is 0 Å². The summed E-state index contributed by atoms with van der Waals surface area (Å²) < 4.78 is 42.9. The molecule has 0 aromatic carbocycles. The van der Waals surface area contributed by atoms with Gasteiger partial charge in [0.15, 0.2) is 5.82 Å². The Bertz CT molecular complexity index is 653. The number of rotatable bonds is 3. The molecule has 1 fully saturated rings. The summed E-state index contributed by atoms with van der Waals surface area (Å²) in [4.78, 5) is 10.3. The van der Waals surface area contributed by atoms with Crippen LogP contribution in [0.3, 0.4) is 0 Å². The molecule has 8 heteroatoms. The zero-order valence-corrected chi connectivity index (χ0v) is 12.7. The van der Waals surface area contributed by atoms with Crippen LogP contribution in [0.1, 0.15) is 43.0 Å². The quantitative estimate of drug-likeness (QED) is 0.865. The van der Waals surface area contributed by atoms with Crippen molar-refractivity contribution in [1.82, 2.24) is 15.1 Å². The second-order valence-corrected chi connectivity index (χ2v) is 5.59. The standard InChI is InChI=1S/C15H17F3N4O/c1-2-13-20-14(21-23-13)10-4-3-7-22(9-10)12-6-5-11(8-19-12)15(16,17)18/h5-6,8,10H,2-4,7,9H2,1H3/t10-/m1/s1. The Kier molecular flexibility index (Phi) is 4.23. The highest BCUT2D eigenvalue weighted by molar-refractivity contribution is 5.41. The van der Waals surface area contributed by atoms with Crippen LogP contribution in [0.25, 0.3) is 0 Å². The van der Waals surface area contributed by atoms with Gasteiger partial charge in [-0.1, -0.05) is 12.1 Å². The maximum Gasteiger partial charge on any atom is 0.417 e. The van der Waals surface area contributed by atoms with Crippen LogP contribution in [0.15, 0.2) is 22.9 Å². The Hall–Kier alpha value is -2.12. The van der Waals surface area contributed by atoms with E-state index in [9.17, 15) is 13.2 Å². The SMILES string of the molecule is CCc1nc([C@@H]2CCCN(c3ccc(C(F)(F)F)cn3)C2)no1. The first-order valence-electron chi connectivity index (χ1n) is 7.58. The number of nitrogens with zero attached hydrogens (tertiary/aromatic N) is 4. The van der Waals surface area contributed by atoms with Gasteiger partial charge in [-0.25, -0.2) is 4.98 Å². The largest absolute Gasteiger partial charge is 0.417 e. The van der Waals surface area contributed by atoms with Gasteiger partial charge in [0, 0.05) is 31.6 Å². The zero-order valence-electron chi connectivity index (χ0n) is 12.7. The van der Waals surface area contributed by atoms with Crippen molar-refractivity contribution in [1.29, 1.82) is 0 Å². The summed E-state index contributed by atoms with van der Waals surface area (Å²) in [5.74, 6) is 1.92. The smallest absolute Gasteiger partial charge is 0.356 e. The first-order valence-corrected chi connectivity index (χ1v) is 7.58. The minimum atomic E-state index is -4.36. The third-order valence-electron chi connectivity index (χ3n) is 3.97. The lowest BCUT2D eigenvalue weighted by atomic mass is 9.97. The third-order valence-corrected chi connectivity index (χ3v) is 3.97. The number of halogens is 3. The zero-order chi connectivity index (χ0) is 16.4. The van der Waals surface area contributed by atoms with Crippen LogP contribution in [0.4, 0.5) is 19.0 Å². The van der Waals surface area contributed by atoms with Gasteiger partial charge in [0.05, 0.1) is 5.56 Å². The van der Waals surface area contributed by atoms with E-state index in [2.05, 4.69) is 15.1 Å². The molecule has 1 atom stereocenters. The fourth-order valence-corrected chi connectivity index (χ4v) is 2.71. The molecule has 0 radical (unpaired) electrons. The van der Waals surface area contributed by atoms with Crippen molar-refractivity contribution >= 4 is 5.82 Å². The van der Waals surface area contributed by atoms with E-state index in [1.807, 2.05) is 11.8 Å². The fraction of sp³-hybridized carbons (Fsp3) is 0.533. The fourth-order valence-electron chi connectivity index (χ4n) is 2.71. The van der Waals surface area contributed by atoms with E-state index in [1.54, 1.807) is 0 Å². The number of aromatic nitrogens is 3. The number of hydrogen-bond acceptors (Lipinski definition) is 5. The summed E-state index contributed by atoms with van der Waals surface area (Å²) in [6.45, 7) is 3.32. The Morgan fingerprint density at radius 2 is 2.17 bits per heavy atom. The van der Waals surface area contributed by atoms with E-state index in [0.717, 1.165) is 31.6 Å². The van der Waals surface area contributed by atoms with Crippen LogP contribution in [0.5, 0.6) is 0 Å². The molecule has 0 spiro atoms. The monoisotopic (exact) mass is 326 g/mol. The predicted octanol–water partition coefficient (Wildman–Crippen LogP) is 3.43. The third kappa shape index (κ3) is 3.46. The molecule has 0 aliphatic carbocycles. The maximum atomic E-state index is 12.6. The Morgan fingerprint density at radius 3 is 2.78 bits per heavy atom. The molecule has 0 N–H and O–H groups in total. The van der Waals surface area contributed by atoms with Crippen molar-refractivity contribution in [3.05, 3.63) is 35.6 Å². The molecule has 0 amide bonds. The lowest BCUT2D eigenvalue weighted by Crippen LogP contribution is -2.35. The summed E-state index contributed by atoms with van der Waals surface area (Å²) in [5.41, 5.74) is -0.736. The Morgan fingerprint density at radius 1 is 1.35 bits per heavy atom. The summed E-state index contributed by atoms with van der Waals surface area (Å²) in [6, 6.07) is 2.48. The lowest BCUT2D eigenvalue weighted by Gasteiger charge is -2.32. The van der Waals surface area contributed by atoms with Crippen LogP contribution in [-0.2, 0) is 12.6 Å². The van der Waals surface area contributed by atoms with Gasteiger partial charge in [-0.3, -0.25) is 0 Å². The normalized spacial score (nSPS) is 19.1. The van der Waals surface area contributed by atoms with Crippen LogP contribution in [-0.4, -0.2) is 28.2 Å². The number of alkyl halides is 3. The summed E-state index contributed by atoms with van der Waals surface area (Å²) >= 11 is 0. The average Bonchev–Trinajstić information content (AvgIpc) is 3.03. The second kappa shape index (κ2) is 6.17.